The Kier molecular flexibility index (Phi) is 3.51. The number of carbonyl (C=O) groups is 1. The number of Topliss-reactive ketones (excluding diaryl/α,β-unsaturated/α-hetero) is 1. The second kappa shape index (κ2) is 4.36. The lowest BCUT2D eigenvalue weighted by atomic mass is 9.71. The summed E-state index contributed by atoms with van der Waals surface area (Å²) in [7, 11) is 0. The summed E-state index contributed by atoms with van der Waals surface area (Å²) in [6.07, 6.45) is 3.09. The maximum atomic E-state index is 11.8. The topological polar surface area (TPSA) is 58.6 Å². The molecule has 0 saturated carbocycles. The van der Waals surface area contributed by atoms with Crippen LogP contribution in [0.1, 0.15) is 53.2 Å². The predicted octanol–water partition coefficient (Wildman–Crippen LogP) is 2.48. The van der Waals surface area contributed by atoms with Gasteiger partial charge in [-0.2, -0.15) is 15.4 Å². The predicted molar refractivity (Wildman–Crippen MR) is 63.1 cm³/mol. The first-order valence-electron chi connectivity index (χ1n) is 5.69. The lowest BCUT2D eigenvalue weighted by Crippen LogP contribution is -2.32. The van der Waals surface area contributed by atoms with Gasteiger partial charge >= 0.3 is 0 Å². The van der Waals surface area contributed by atoms with Crippen molar-refractivity contribution in [2.24, 2.45) is 5.41 Å². The number of carbonyl (C=O) groups excluding carboxylic acids is 1. The van der Waals surface area contributed by atoms with E-state index in [-0.39, 0.29) is 10.8 Å². The molecule has 1 aromatic rings. The molecule has 0 fully saturated rings. The molecule has 4 heteroatoms. The van der Waals surface area contributed by atoms with Gasteiger partial charge in [0.2, 0.25) is 0 Å². The van der Waals surface area contributed by atoms with Crippen molar-refractivity contribution in [1.82, 2.24) is 15.4 Å². The van der Waals surface area contributed by atoms with E-state index in [0.717, 1.165) is 12.1 Å². The van der Waals surface area contributed by atoms with Gasteiger partial charge in [0.15, 0.2) is 0 Å². The highest BCUT2D eigenvalue weighted by Gasteiger charge is 2.35. The summed E-state index contributed by atoms with van der Waals surface area (Å²) in [4.78, 5) is 11.8. The number of nitrogens with one attached hydrogen (secondary N) is 1. The fourth-order valence-electron chi connectivity index (χ4n) is 2.30. The summed E-state index contributed by atoms with van der Waals surface area (Å²) in [6, 6.07) is 0. The van der Waals surface area contributed by atoms with Gasteiger partial charge in [-0.25, -0.2) is 0 Å². The summed E-state index contributed by atoms with van der Waals surface area (Å²) in [5.41, 5.74) is 0.461. The first kappa shape index (κ1) is 12.9. The van der Waals surface area contributed by atoms with Gasteiger partial charge in [-0.05, 0) is 6.42 Å². The SMILES string of the molecule is CCC(=O)C(C)(C)CC(C)(C)c1cn[nH]n1. The highest BCUT2D eigenvalue weighted by molar-refractivity contribution is 5.83. The quantitative estimate of drug-likeness (QED) is 0.834. The summed E-state index contributed by atoms with van der Waals surface area (Å²) in [5, 5.41) is 10.6. The fourth-order valence-corrected chi connectivity index (χ4v) is 2.30. The normalized spacial score (nSPS) is 12.8. The average molecular weight is 223 g/mol. The van der Waals surface area contributed by atoms with Gasteiger partial charge in [-0.1, -0.05) is 34.6 Å². The number of rotatable bonds is 5. The molecule has 1 heterocycles. The van der Waals surface area contributed by atoms with Crippen LogP contribution in [-0.4, -0.2) is 21.2 Å². The van der Waals surface area contributed by atoms with Crippen LogP contribution in [-0.2, 0) is 10.2 Å². The van der Waals surface area contributed by atoms with E-state index in [4.69, 9.17) is 0 Å². The van der Waals surface area contributed by atoms with Crippen LogP contribution in [0.15, 0.2) is 6.20 Å². The van der Waals surface area contributed by atoms with E-state index in [1.54, 1.807) is 6.20 Å². The van der Waals surface area contributed by atoms with Crippen molar-refractivity contribution >= 4 is 5.78 Å². The number of hydrogen-bond acceptors (Lipinski definition) is 3. The molecule has 1 N–H and O–H groups in total. The monoisotopic (exact) mass is 223 g/mol. The first-order chi connectivity index (χ1) is 7.29. The van der Waals surface area contributed by atoms with Crippen LogP contribution < -0.4 is 0 Å². The largest absolute Gasteiger partial charge is 0.299 e. The van der Waals surface area contributed by atoms with Gasteiger partial charge < -0.3 is 0 Å². The molecular formula is C12H21N3O. The van der Waals surface area contributed by atoms with Crippen LogP contribution in [0.4, 0.5) is 0 Å². The van der Waals surface area contributed by atoms with Crippen LogP contribution in [0.3, 0.4) is 0 Å². The molecule has 16 heavy (non-hydrogen) atoms. The Balaban J connectivity index is 2.84. The Labute approximate surface area is 96.8 Å². The number of aromatic amines is 1. The molecule has 0 spiro atoms. The van der Waals surface area contributed by atoms with Crippen molar-refractivity contribution in [2.75, 3.05) is 0 Å². The van der Waals surface area contributed by atoms with Crippen LogP contribution in [0, 0.1) is 5.41 Å². The molecule has 0 aromatic carbocycles. The first-order valence-corrected chi connectivity index (χ1v) is 5.69. The minimum Gasteiger partial charge on any atom is -0.299 e. The molecule has 0 bridgehead atoms. The van der Waals surface area contributed by atoms with Crippen LogP contribution in [0.5, 0.6) is 0 Å². The Morgan fingerprint density at radius 3 is 2.44 bits per heavy atom. The Hall–Kier alpha value is -1.19. The second-order valence-corrected chi connectivity index (χ2v) is 5.58. The number of ketones is 1. The third-order valence-corrected chi connectivity index (χ3v) is 3.07. The smallest absolute Gasteiger partial charge is 0.138 e. The van der Waals surface area contributed by atoms with Crippen molar-refractivity contribution in [3.63, 3.8) is 0 Å². The molecule has 0 aliphatic heterocycles. The van der Waals surface area contributed by atoms with E-state index >= 15 is 0 Å². The maximum absolute atomic E-state index is 11.8. The van der Waals surface area contributed by atoms with E-state index in [0.29, 0.717) is 12.2 Å². The van der Waals surface area contributed by atoms with E-state index < -0.39 is 0 Å². The Bertz CT molecular complexity index is 352. The van der Waals surface area contributed by atoms with Crippen LogP contribution in [0.2, 0.25) is 0 Å². The van der Waals surface area contributed by atoms with Crippen molar-refractivity contribution in [1.29, 1.82) is 0 Å². The molecule has 0 atom stereocenters. The van der Waals surface area contributed by atoms with Crippen molar-refractivity contribution in [3.05, 3.63) is 11.9 Å². The molecule has 1 aromatic heterocycles. The average Bonchev–Trinajstić information content (AvgIpc) is 2.68. The lowest BCUT2D eigenvalue weighted by molar-refractivity contribution is -0.127. The van der Waals surface area contributed by atoms with E-state index in [1.807, 2.05) is 20.8 Å². The summed E-state index contributed by atoms with van der Waals surface area (Å²) in [6.45, 7) is 10.1. The summed E-state index contributed by atoms with van der Waals surface area (Å²) >= 11 is 0. The highest BCUT2D eigenvalue weighted by Crippen LogP contribution is 2.36. The van der Waals surface area contributed by atoms with Gasteiger partial charge in [0.05, 0.1) is 11.9 Å². The molecule has 0 unspecified atom stereocenters. The third kappa shape index (κ3) is 2.68. The number of nitrogens with zero attached hydrogens (tertiary/aromatic N) is 2. The number of hydrogen-bond donors (Lipinski definition) is 1. The third-order valence-electron chi connectivity index (χ3n) is 3.07. The number of aromatic nitrogens is 3. The minimum atomic E-state index is -0.308. The molecule has 90 valence electrons. The zero-order chi connectivity index (χ0) is 12.4. The molecule has 0 saturated heterocycles. The van der Waals surface area contributed by atoms with Gasteiger partial charge in [0.1, 0.15) is 5.78 Å². The second-order valence-electron chi connectivity index (χ2n) is 5.58. The van der Waals surface area contributed by atoms with Crippen molar-refractivity contribution in [2.45, 2.75) is 52.9 Å². The zero-order valence-corrected chi connectivity index (χ0v) is 10.8. The van der Waals surface area contributed by atoms with Gasteiger partial charge in [-0.15, -0.1) is 0 Å². The molecule has 0 aliphatic carbocycles. The molecule has 0 aliphatic rings. The fraction of sp³-hybridized carbons (Fsp3) is 0.750. The van der Waals surface area contributed by atoms with E-state index in [1.165, 1.54) is 0 Å². The van der Waals surface area contributed by atoms with E-state index in [2.05, 4.69) is 29.3 Å². The van der Waals surface area contributed by atoms with Crippen LogP contribution in [0.25, 0.3) is 0 Å². The van der Waals surface area contributed by atoms with Crippen LogP contribution >= 0.6 is 0 Å². The summed E-state index contributed by atoms with van der Waals surface area (Å²) < 4.78 is 0. The maximum Gasteiger partial charge on any atom is 0.138 e. The molecular weight excluding hydrogens is 202 g/mol. The molecule has 4 nitrogen and oxygen atoms in total. The van der Waals surface area contributed by atoms with Crippen molar-refractivity contribution in [3.8, 4) is 0 Å². The van der Waals surface area contributed by atoms with E-state index in [9.17, 15) is 4.79 Å². The standard InChI is InChI=1S/C12H21N3O/c1-6-10(16)12(4,5)8-11(2,3)9-7-13-15-14-9/h7H,6,8H2,1-5H3,(H,13,14,15). The molecule has 1 rings (SSSR count). The van der Waals surface area contributed by atoms with Gasteiger partial charge in [0, 0.05) is 17.3 Å². The highest BCUT2D eigenvalue weighted by atomic mass is 16.1. The molecule has 0 radical (unpaired) electrons. The Morgan fingerprint density at radius 2 is 2.00 bits per heavy atom. The lowest BCUT2D eigenvalue weighted by Gasteiger charge is -2.32. The van der Waals surface area contributed by atoms with Crippen molar-refractivity contribution < 1.29 is 4.79 Å². The minimum absolute atomic E-state index is 0.138. The molecule has 0 amide bonds. The Morgan fingerprint density at radius 1 is 1.38 bits per heavy atom. The summed E-state index contributed by atoms with van der Waals surface area (Å²) in [5.74, 6) is 0.295. The van der Waals surface area contributed by atoms with Gasteiger partial charge in [0.25, 0.3) is 0 Å². The van der Waals surface area contributed by atoms with Gasteiger partial charge in [-0.3, -0.25) is 4.79 Å². The zero-order valence-electron chi connectivity index (χ0n) is 10.8. The number of H-pyrrole nitrogens is 1.